The van der Waals surface area contributed by atoms with Crippen molar-refractivity contribution < 1.29 is 13.2 Å². The van der Waals surface area contributed by atoms with E-state index < -0.39 is 16.1 Å². The van der Waals surface area contributed by atoms with Gasteiger partial charge in [0.05, 0.1) is 11.9 Å². The molecule has 0 aromatic heterocycles. The van der Waals surface area contributed by atoms with Gasteiger partial charge in [0, 0.05) is 6.54 Å². The van der Waals surface area contributed by atoms with Crippen molar-refractivity contribution in [3.8, 4) is 0 Å². The van der Waals surface area contributed by atoms with Gasteiger partial charge < -0.3 is 5.32 Å². The molecule has 1 amide bonds. The van der Waals surface area contributed by atoms with Gasteiger partial charge in [-0.25, -0.2) is 8.42 Å². The number of nitrogens with one attached hydrogen (secondary N) is 1. The van der Waals surface area contributed by atoms with Crippen LogP contribution in [0.15, 0.2) is 48.5 Å². The van der Waals surface area contributed by atoms with E-state index in [2.05, 4.69) is 5.32 Å². The Balaban J connectivity index is 2.16. The number of nitrogens with zero attached hydrogens (tertiary/aromatic N) is 1. The Morgan fingerprint density at radius 3 is 2.22 bits per heavy atom. The number of hydrogen-bond acceptors (Lipinski definition) is 3. The standard InChI is InChI=1S/C21H28N2O3S/c1-15-11-12-20(13-16(15)2)23(27(5,25)26)18(4)21(24)22-14-17(3)19-9-7-6-8-10-19/h6-13,17-18H,14H2,1-5H3,(H,22,24)/t17-,18+/m1/s1. The molecule has 2 rings (SSSR count). The summed E-state index contributed by atoms with van der Waals surface area (Å²) in [6.07, 6.45) is 1.12. The lowest BCUT2D eigenvalue weighted by Gasteiger charge is -2.29. The van der Waals surface area contributed by atoms with Gasteiger partial charge in [-0.2, -0.15) is 0 Å². The number of sulfonamides is 1. The SMILES string of the molecule is Cc1ccc(N([C@@H](C)C(=O)NC[C@@H](C)c2ccccc2)S(C)(=O)=O)cc1C. The van der Waals surface area contributed by atoms with E-state index in [4.69, 9.17) is 0 Å². The highest BCUT2D eigenvalue weighted by Gasteiger charge is 2.29. The Morgan fingerprint density at radius 2 is 1.67 bits per heavy atom. The van der Waals surface area contributed by atoms with Crippen molar-refractivity contribution in [2.75, 3.05) is 17.1 Å². The lowest BCUT2D eigenvalue weighted by atomic mass is 10.0. The van der Waals surface area contributed by atoms with E-state index in [9.17, 15) is 13.2 Å². The molecule has 0 heterocycles. The van der Waals surface area contributed by atoms with E-state index in [0.717, 1.165) is 22.9 Å². The number of aryl methyl sites for hydroxylation is 2. The molecule has 146 valence electrons. The van der Waals surface area contributed by atoms with Crippen LogP contribution < -0.4 is 9.62 Å². The van der Waals surface area contributed by atoms with Crippen LogP contribution in [0.2, 0.25) is 0 Å². The summed E-state index contributed by atoms with van der Waals surface area (Å²) in [5, 5.41) is 2.88. The predicted molar refractivity (Wildman–Crippen MR) is 111 cm³/mol. The molecule has 0 aliphatic carbocycles. The maximum atomic E-state index is 12.7. The van der Waals surface area contributed by atoms with E-state index in [-0.39, 0.29) is 11.8 Å². The third kappa shape index (κ3) is 5.32. The molecule has 0 radical (unpaired) electrons. The van der Waals surface area contributed by atoms with Gasteiger partial charge in [0.2, 0.25) is 15.9 Å². The topological polar surface area (TPSA) is 66.5 Å². The molecule has 27 heavy (non-hydrogen) atoms. The molecule has 0 saturated carbocycles. The van der Waals surface area contributed by atoms with Crippen molar-refractivity contribution in [3.05, 3.63) is 65.2 Å². The monoisotopic (exact) mass is 388 g/mol. The van der Waals surface area contributed by atoms with Crippen LogP contribution in [0.5, 0.6) is 0 Å². The Bertz CT molecular complexity index is 895. The van der Waals surface area contributed by atoms with Crippen LogP contribution in [0, 0.1) is 13.8 Å². The zero-order chi connectivity index (χ0) is 20.2. The average Bonchev–Trinajstić information content (AvgIpc) is 2.62. The first-order valence-corrected chi connectivity index (χ1v) is 10.9. The van der Waals surface area contributed by atoms with Crippen LogP contribution in [0.1, 0.15) is 36.5 Å². The summed E-state index contributed by atoms with van der Waals surface area (Å²) in [6, 6.07) is 14.5. The Morgan fingerprint density at radius 1 is 1.04 bits per heavy atom. The molecule has 0 aliphatic rings. The smallest absolute Gasteiger partial charge is 0.243 e. The van der Waals surface area contributed by atoms with Gasteiger partial charge in [0.1, 0.15) is 6.04 Å². The van der Waals surface area contributed by atoms with Crippen LogP contribution in [0.3, 0.4) is 0 Å². The van der Waals surface area contributed by atoms with E-state index in [1.54, 1.807) is 19.1 Å². The highest BCUT2D eigenvalue weighted by molar-refractivity contribution is 7.92. The zero-order valence-corrected chi connectivity index (χ0v) is 17.4. The average molecular weight is 389 g/mol. The third-order valence-corrected chi connectivity index (χ3v) is 6.03. The number of anilines is 1. The van der Waals surface area contributed by atoms with Gasteiger partial charge in [0.15, 0.2) is 0 Å². The van der Waals surface area contributed by atoms with Crippen molar-refractivity contribution in [1.82, 2.24) is 5.32 Å². The number of benzene rings is 2. The first kappa shape index (κ1) is 21.0. The van der Waals surface area contributed by atoms with Crippen molar-refractivity contribution in [2.24, 2.45) is 0 Å². The Labute approximate surface area is 162 Å². The molecule has 2 aromatic carbocycles. The lowest BCUT2D eigenvalue weighted by Crippen LogP contribution is -2.48. The van der Waals surface area contributed by atoms with E-state index in [1.165, 1.54) is 4.31 Å². The van der Waals surface area contributed by atoms with Crippen LogP contribution in [0.4, 0.5) is 5.69 Å². The van der Waals surface area contributed by atoms with E-state index >= 15 is 0 Å². The maximum absolute atomic E-state index is 12.7. The van der Waals surface area contributed by atoms with Crippen molar-refractivity contribution >= 4 is 21.6 Å². The minimum absolute atomic E-state index is 0.135. The summed E-state index contributed by atoms with van der Waals surface area (Å²) >= 11 is 0. The molecular weight excluding hydrogens is 360 g/mol. The summed E-state index contributed by atoms with van der Waals surface area (Å²) < 4.78 is 25.9. The Hall–Kier alpha value is -2.34. The summed E-state index contributed by atoms with van der Waals surface area (Å²) in [7, 11) is -3.61. The number of carbonyl (C=O) groups excluding carboxylic acids is 1. The zero-order valence-electron chi connectivity index (χ0n) is 16.6. The fourth-order valence-corrected chi connectivity index (χ4v) is 4.14. The van der Waals surface area contributed by atoms with Gasteiger partial charge in [-0.05, 0) is 55.5 Å². The molecule has 0 saturated heterocycles. The molecule has 0 unspecified atom stereocenters. The lowest BCUT2D eigenvalue weighted by molar-refractivity contribution is -0.121. The highest BCUT2D eigenvalue weighted by atomic mass is 32.2. The summed E-state index contributed by atoms with van der Waals surface area (Å²) in [6.45, 7) is 7.96. The first-order valence-electron chi connectivity index (χ1n) is 9.00. The van der Waals surface area contributed by atoms with Gasteiger partial charge in [-0.15, -0.1) is 0 Å². The molecule has 1 N–H and O–H groups in total. The highest BCUT2D eigenvalue weighted by Crippen LogP contribution is 2.24. The van der Waals surface area contributed by atoms with Crippen LogP contribution in [-0.2, 0) is 14.8 Å². The predicted octanol–water partition coefficient (Wildman–Crippen LogP) is 3.38. The van der Waals surface area contributed by atoms with Gasteiger partial charge in [-0.3, -0.25) is 9.10 Å². The van der Waals surface area contributed by atoms with Gasteiger partial charge >= 0.3 is 0 Å². The van der Waals surface area contributed by atoms with Crippen LogP contribution in [0.25, 0.3) is 0 Å². The molecule has 0 bridgehead atoms. The van der Waals surface area contributed by atoms with Crippen LogP contribution in [-0.4, -0.2) is 33.2 Å². The normalized spacial score (nSPS) is 13.7. The van der Waals surface area contributed by atoms with Crippen molar-refractivity contribution in [3.63, 3.8) is 0 Å². The number of hydrogen-bond donors (Lipinski definition) is 1. The van der Waals surface area contributed by atoms with Gasteiger partial charge in [0.25, 0.3) is 0 Å². The molecular formula is C21H28N2O3S. The minimum Gasteiger partial charge on any atom is -0.354 e. The summed E-state index contributed by atoms with van der Waals surface area (Å²) in [5.74, 6) is -0.183. The Kier molecular flexibility index (Phi) is 6.65. The molecule has 0 spiro atoms. The molecule has 5 nitrogen and oxygen atoms in total. The van der Waals surface area contributed by atoms with E-state index in [0.29, 0.717) is 12.2 Å². The largest absolute Gasteiger partial charge is 0.354 e. The number of rotatable bonds is 7. The molecule has 0 fully saturated rings. The molecule has 2 atom stereocenters. The second kappa shape index (κ2) is 8.57. The summed E-state index contributed by atoms with van der Waals surface area (Å²) in [4.78, 5) is 12.7. The van der Waals surface area contributed by atoms with E-state index in [1.807, 2.05) is 57.2 Å². The second-order valence-corrected chi connectivity index (χ2v) is 8.92. The molecule has 2 aromatic rings. The summed E-state index contributed by atoms with van der Waals surface area (Å²) in [5.41, 5.74) is 3.67. The molecule has 0 aliphatic heterocycles. The van der Waals surface area contributed by atoms with Gasteiger partial charge in [-0.1, -0.05) is 43.3 Å². The molecule has 6 heteroatoms. The fraction of sp³-hybridized carbons (Fsp3) is 0.381. The quantitative estimate of drug-likeness (QED) is 0.791. The van der Waals surface area contributed by atoms with Crippen molar-refractivity contribution in [1.29, 1.82) is 0 Å². The number of carbonyl (C=O) groups is 1. The fourth-order valence-electron chi connectivity index (χ4n) is 2.97. The third-order valence-electron chi connectivity index (χ3n) is 4.78. The number of amides is 1. The minimum atomic E-state index is -3.61. The second-order valence-electron chi connectivity index (χ2n) is 7.06. The maximum Gasteiger partial charge on any atom is 0.243 e. The van der Waals surface area contributed by atoms with Crippen molar-refractivity contribution in [2.45, 2.75) is 39.7 Å². The first-order chi connectivity index (χ1) is 12.6. The van der Waals surface area contributed by atoms with Crippen LogP contribution >= 0.6 is 0 Å².